The first-order valence-electron chi connectivity index (χ1n) is 5.85. The first-order chi connectivity index (χ1) is 7.84. The van der Waals surface area contributed by atoms with Crippen molar-refractivity contribution in [3.63, 3.8) is 0 Å². The van der Waals surface area contributed by atoms with Gasteiger partial charge in [0, 0.05) is 12.6 Å². The molecule has 0 heterocycles. The second kappa shape index (κ2) is 5.50. The third kappa shape index (κ3) is 3.23. The van der Waals surface area contributed by atoms with Gasteiger partial charge in [0.1, 0.15) is 0 Å². The third-order valence-electron chi connectivity index (χ3n) is 3.02. The molecule has 1 aromatic rings. The lowest BCUT2D eigenvalue weighted by molar-refractivity contribution is -0.116. The van der Waals surface area contributed by atoms with Gasteiger partial charge in [-0.2, -0.15) is 0 Å². The number of carbonyl (C=O) groups excluding carboxylic acids is 1. The highest BCUT2D eigenvalue weighted by Crippen LogP contribution is 2.25. The highest BCUT2D eigenvalue weighted by atomic mass is 16.1. The van der Waals surface area contributed by atoms with E-state index in [1.54, 1.807) is 6.08 Å². The molecule has 0 bridgehead atoms. The van der Waals surface area contributed by atoms with E-state index in [1.807, 2.05) is 36.4 Å². The smallest absolute Gasteiger partial charge is 0.244 e. The molecule has 0 aliphatic heterocycles. The average molecular weight is 215 g/mol. The lowest BCUT2D eigenvalue weighted by atomic mass is 9.85. The zero-order valence-corrected chi connectivity index (χ0v) is 9.36. The topological polar surface area (TPSA) is 29.1 Å². The van der Waals surface area contributed by atoms with E-state index in [9.17, 15) is 4.79 Å². The van der Waals surface area contributed by atoms with Crippen LogP contribution in [-0.2, 0) is 4.79 Å². The van der Waals surface area contributed by atoms with Crippen LogP contribution in [-0.4, -0.2) is 12.5 Å². The number of amides is 1. The van der Waals surface area contributed by atoms with Crippen LogP contribution in [0.4, 0.5) is 0 Å². The Balaban J connectivity index is 1.75. The molecule has 1 fully saturated rings. The molecule has 1 saturated carbocycles. The first-order valence-corrected chi connectivity index (χ1v) is 5.85. The Bertz CT molecular complexity index is 366. The van der Waals surface area contributed by atoms with E-state index < -0.39 is 0 Å². The summed E-state index contributed by atoms with van der Waals surface area (Å²) < 4.78 is 0. The van der Waals surface area contributed by atoms with Crippen LogP contribution in [0, 0.1) is 5.92 Å². The SMILES string of the molecule is O=C(/C=C/c1ccccc1)NCC1CCC1. The van der Waals surface area contributed by atoms with E-state index in [0.717, 1.165) is 12.1 Å². The zero-order valence-electron chi connectivity index (χ0n) is 9.36. The van der Waals surface area contributed by atoms with Crippen LogP contribution in [0.15, 0.2) is 36.4 Å². The molecule has 1 aliphatic carbocycles. The fourth-order valence-electron chi connectivity index (χ4n) is 1.74. The van der Waals surface area contributed by atoms with Crippen molar-refractivity contribution in [2.24, 2.45) is 5.92 Å². The van der Waals surface area contributed by atoms with Gasteiger partial charge in [-0.25, -0.2) is 0 Å². The van der Waals surface area contributed by atoms with Gasteiger partial charge in [0.05, 0.1) is 0 Å². The third-order valence-corrected chi connectivity index (χ3v) is 3.02. The summed E-state index contributed by atoms with van der Waals surface area (Å²) in [7, 11) is 0. The maximum Gasteiger partial charge on any atom is 0.244 e. The molecule has 0 saturated heterocycles. The zero-order chi connectivity index (χ0) is 11.2. The highest BCUT2D eigenvalue weighted by Gasteiger charge is 2.16. The van der Waals surface area contributed by atoms with E-state index in [4.69, 9.17) is 0 Å². The van der Waals surface area contributed by atoms with Crippen molar-refractivity contribution in [1.29, 1.82) is 0 Å². The number of hydrogen-bond acceptors (Lipinski definition) is 1. The molecule has 16 heavy (non-hydrogen) atoms. The molecule has 1 N–H and O–H groups in total. The minimum absolute atomic E-state index is 0.00996. The molecule has 0 spiro atoms. The van der Waals surface area contributed by atoms with Gasteiger partial charge in [-0.3, -0.25) is 4.79 Å². The van der Waals surface area contributed by atoms with E-state index in [-0.39, 0.29) is 5.91 Å². The van der Waals surface area contributed by atoms with Gasteiger partial charge in [-0.05, 0) is 30.4 Å². The standard InChI is InChI=1S/C14H17NO/c16-14(15-11-13-7-4-8-13)10-9-12-5-2-1-3-6-12/h1-3,5-6,9-10,13H,4,7-8,11H2,(H,15,16)/b10-9+. The van der Waals surface area contributed by atoms with Crippen molar-refractivity contribution in [1.82, 2.24) is 5.32 Å². The number of carbonyl (C=O) groups is 1. The van der Waals surface area contributed by atoms with Crippen LogP contribution in [0.5, 0.6) is 0 Å². The largest absolute Gasteiger partial charge is 0.352 e. The molecular formula is C14H17NO. The van der Waals surface area contributed by atoms with Gasteiger partial charge in [0.2, 0.25) is 5.91 Å². The molecule has 1 aromatic carbocycles. The molecule has 84 valence electrons. The molecule has 2 heteroatoms. The quantitative estimate of drug-likeness (QED) is 0.768. The van der Waals surface area contributed by atoms with Gasteiger partial charge < -0.3 is 5.32 Å². The van der Waals surface area contributed by atoms with E-state index in [2.05, 4.69) is 5.32 Å². The Morgan fingerprint density at radius 2 is 2.06 bits per heavy atom. The van der Waals surface area contributed by atoms with Crippen molar-refractivity contribution in [3.05, 3.63) is 42.0 Å². The second-order valence-corrected chi connectivity index (χ2v) is 4.29. The minimum Gasteiger partial charge on any atom is -0.352 e. The molecule has 0 unspecified atom stereocenters. The van der Waals surface area contributed by atoms with Crippen molar-refractivity contribution in [2.75, 3.05) is 6.54 Å². The number of hydrogen-bond donors (Lipinski definition) is 1. The summed E-state index contributed by atoms with van der Waals surface area (Å²) in [6, 6.07) is 9.86. The normalized spacial score (nSPS) is 16.0. The highest BCUT2D eigenvalue weighted by molar-refractivity contribution is 5.91. The van der Waals surface area contributed by atoms with Crippen molar-refractivity contribution in [3.8, 4) is 0 Å². The lowest BCUT2D eigenvalue weighted by Gasteiger charge is -2.24. The van der Waals surface area contributed by atoms with Gasteiger partial charge in [0.15, 0.2) is 0 Å². The van der Waals surface area contributed by atoms with Crippen molar-refractivity contribution < 1.29 is 4.79 Å². The minimum atomic E-state index is 0.00996. The maximum atomic E-state index is 11.5. The monoisotopic (exact) mass is 215 g/mol. The van der Waals surface area contributed by atoms with Gasteiger partial charge >= 0.3 is 0 Å². The number of rotatable bonds is 4. The Labute approximate surface area is 96.4 Å². The molecular weight excluding hydrogens is 198 g/mol. The molecule has 0 atom stereocenters. The van der Waals surface area contributed by atoms with Gasteiger partial charge in [-0.1, -0.05) is 36.8 Å². The summed E-state index contributed by atoms with van der Waals surface area (Å²) in [4.78, 5) is 11.5. The Kier molecular flexibility index (Phi) is 3.76. The van der Waals surface area contributed by atoms with Crippen LogP contribution in [0.2, 0.25) is 0 Å². The van der Waals surface area contributed by atoms with Crippen LogP contribution in [0.25, 0.3) is 6.08 Å². The van der Waals surface area contributed by atoms with Gasteiger partial charge in [-0.15, -0.1) is 0 Å². The van der Waals surface area contributed by atoms with Crippen LogP contribution >= 0.6 is 0 Å². The molecule has 0 aromatic heterocycles. The summed E-state index contributed by atoms with van der Waals surface area (Å²) in [5.74, 6) is 0.727. The molecule has 0 radical (unpaired) electrons. The summed E-state index contributed by atoms with van der Waals surface area (Å²) in [6.45, 7) is 0.831. The number of benzene rings is 1. The second-order valence-electron chi connectivity index (χ2n) is 4.29. The predicted octanol–water partition coefficient (Wildman–Crippen LogP) is 2.62. The van der Waals surface area contributed by atoms with Crippen molar-refractivity contribution in [2.45, 2.75) is 19.3 Å². The van der Waals surface area contributed by atoms with Crippen LogP contribution in [0.3, 0.4) is 0 Å². The van der Waals surface area contributed by atoms with E-state index in [1.165, 1.54) is 19.3 Å². The van der Waals surface area contributed by atoms with E-state index >= 15 is 0 Å². The fourth-order valence-corrected chi connectivity index (χ4v) is 1.74. The van der Waals surface area contributed by atoms with Crippen LogP contribution < -0.4 is 5.32 Å². The fraction of sp³-hybridized carbons (Fsp3) is 0.357. The predicted molar refractivity (Wildman–Crippen MR) is 65.8 cm³/mol. The van der Waals surface area contributed by atoms with Crippen molar-refractivity contribution >= 4 is 12.0 Å². The summed E-state index contributed by atoms with van der Waals surface area (Å²) >= 11 is 0. The Morgan fingerprint density at radius 3 is 2.69 bits per heavy atom. The first kappa shape index (κ1) is 10.9. The lowest BCUT2D eigenvalue weighted by Crippen LogP contribution is -2.30. The molecule has 2 nitrogen and oxygen atoms in total. The number of nitrogens with one attached hydrogen (secondary N) is 1. The molecule has 1 aliphatic rings. The van der Waals surface area contributed by atoms with Gasteiger partial charge in [0.25, 0.3) is 0 Å². The maximum absolute atomic E-state index is 11.5. The Morgan fingerprint density at radius 1 is 1.31 bits per heavy atom. The molecule has 1 amide bonds. The van der Waals surface area contributed by atoms with Crippen LogP contribution in [0.1, 0.15) is 24.8 Å². The summed E-state index contributed by atoms with van der Waals surface area (Å²) in [5, 5.41) is 2.93. The summed E-state index contributed by atoms with van der Waals surface area (Å²) in [6.07, 6.45) is 7.30. The summed E-state index contributed by atoms with van der Waals surface area (Å²) in [5.41, 5.74) is 1.06. The Hall–Kier alpha value is -1.57. The average Bonchev–Trinajstić information content (AvgIpc) is 2.26. The molecule has 2 rings (SSSR count). The van der Waals surface area contributed by atoms with E-state index in [0.29, 0.717) is 5.92 Å².